The van der Waals surface area contributed by atoms with Gasteiger partial charge in [0.15, 0.2) is 5.82 Å². The first kappa shape index (κ1) is 26.8. The highest BCUT2D eigenvalue weighted by atomic mass is 16.5. The molecule has 1 amide bonds. The lowest BCUT2D eigenvalue weighted by atomic mass is 9.99. The van der Waals surface area contributed by atoms with Crippen molar-refractivity contribution in [3.8, 4) is 28.4 Å². The van der Waals surface area contributed by atoms with Gasteiger partial charge in [-0.15, -0.1) is 0 Å². The van der Waals surface area contributed by atoms with Gasteiger partial charge in [0.05, 0.1) is 23.9 Å². The summed E-state index contributed by atoms with van der Waals surface area (Å²) < 4.78 is 15.7. The number of cyclic esters (lactones) is 1. The number of ether oxygens (including phenoxy) is 2. The standard InChI is InChI=1S/C37H36N4O4/c1-20-25-9-11-30(20)41(18-25)36(42)26-13-29-34(33(16-26)44-3)39(2)35(38-29)32-15-24-7-6-23(14-31(24)40(32)17-21-4-5-21)22-8-10-28-27(12-22)19-45-37(28)43/h6-8,10,12-16,20-21,25,30H,4-5,9,11,17-19H2,1-3H3. The molecule has 4 aliphatic rings. The van der Waals surface area contributed by atoms with Crippen LogP contribution in [0.25, 0.3) is 44.6 Å². The number of imidazole rings is 1. The van der Waals surface area contributed by atoms with Gasteiger partial charge in [-0.25, -0.2) is 9.78 Å². The number of hydrogen-bond donors (Lipinski definition) is 0. The van der Waals surface area contributed by atoms with Gasteiger partial charge in [0, 0.05) is 48.2 Å². The van der Waals surface area contributed by atoms with Crippen molar-refractivity contribution in [1.29, 1.82) is 0 Å². The van der Waals surface area contributed by atoms with Gasteiger partial charge < -0.3 is 23.5 Å². The quantitative estimate of drug-likeness (QED) is 0.200. The Kier molecular flexibility index (Phi) is 5.77. The third-order valence-electron chi connectivity index (χ3n) is 11.0. The Hall–Kier alpha value is -4.59. The molecule has 3 fully saturated rings. The van der Waals surface area contributed by atoms with E-state index in [2.05, 4.69) is 51.3 Å². The fourth-order valence-electron chi connectivity index (χ4n) is 8.22. The maximum atomic E-state index is 13.8. The molecule has 8 nitrogen and oxygen atoms in total. The first-order valence-corrected chi connectivity index (χ1v) is 16.2. The van der Waals surface area contributed by atoms with Gasteiger partial charge in [-0.2, -0.15) is 0 Å². The van der Waals surface area contributed by atoms with Crippen LogP contribution in [-0.2, 0) is 24.9 Å². The highest BCUT2D eigenvalue weighted by Crippen LogP contribution is 2.44. The number of hydrogen-bond acceptors (Lipinski definition) is 5. The van der Waals surface area contributed by atoms with Gasteiger partial charge in [-0.05, 0) is 91.0 Å². The van der Waals surface area contributed by atoms with Crippen molar-refractivity contribution < 1.29 is 19.1 Å². The number of benzene rings is 3. The fraction of sp³-hybridized carbons (Fsp3) is 0.378. The molecular formula is C37H36N4O4. The molecule has 3 aromatic carbocycles. The summed E-state index contributed by atoms with van der Waals surface area (Å²) in [6, 6.07) is 18.9. The van der Waals surface area contributed by atoms with E-state index in [1.54, 1.807) is 7.11 Å². The molecule has 8 heteroatoms. The number of carbonyl (C=O) groups excluding carboxylic acids is 2. The van der Waals surface area contributed by atoms with Crippen LogP contribution in [0.1, 0.15) is 58.9 Å². The van der Waals surface area contributed by atoms with E-state index in [0.29, 0.717) is 47.3 Å². The van der Waals surface area contributed by atoms with Crippen molar-refractivity contribution in [1.82, 2.24) is 19.0 Å². The van der Waals surface area contributed by atoms with E-state index in [4.69, 9.17) is 14.5 Å². The number of esters is 1. The summed E-state index contributed by atoms with van der Waals surface area (Å²) in [4.78, 5) is 33.1. The van der Waals surface area contributed by atoms with E-state index in [-0.39, 0.29) is 11.9 Å². The van der Waals surface area contributed by atoms with Crippen LogP contribution in [0.5, 0.6) is 5.75 Å². The number of aryl methyl sites for hydroxylation is 1. The van der Waals surface area contributed by atoms with Crippen LogP contribution in [-0.4, -0.2) is 50.6 Å². The van der Waals surface area contributed by atoms with Crippen LogP contribution in [0.3, 0.4) is 0 Å². The first-order valence-electron chi connectivity index (χ1n) is 16.2. The summed E-state index contributed by atoms with van der Waals surface area (Å²) in [6.07, 6.45) is 4.78. The summed E-state index contributed by atoms with van der Waals surface area (Å²) in [6.45, 7) is 4.39. The molecule has 0 spiro atoms. The Morgan fingerprint density at radius 1 is 1.02 bits per heavy atom. The average molecular weight is 601 g/mol. The number of rotatable bonds is 6. The van der Waals surface area contributed by atoms with E-state index >= 15 is 0 Å². The van der Waals surface area contributed by atoms with Crippen molar-refractivity contribution in [2.75, 3.05) is 13.7 Å². The highest BCUT2D eigenvalue weighted by Gasteiger charge is 2.46. The number of amides is 1. The smallest absolute Gasteiger partial charge is 0.338 e. The molecule has 0 N–H and O–H groups in total. The minimum Gasteiger partial charge on any atom is -0.494 e. The monoisotopic (exact) mass is 600 g/mol. The zero-order valence-corrected chi connectivity index (χ0v) is 25.9. The summed E-state index contributed by atoms with van der Waals surface area (Å²) in [5.41, 5.74) is 8.29. The molecule has 2 aliphatic carbocycles. The average Bonchev–Trinajstić information content (AvgIpc) is 3.26. The summed E-state index contributed by atoms with van der Waals surface area (Å²) >= 11 is 0. The fourth-order valence-corrected chi connectivity index (χ4v) is 8.22. The zero-order valence-electron chi connectivity index (χ0n) is 25.9. The molecule has 1 saturated heterocycles. The van der Waals surface area contributed by atoms with E-state index in [0.717, 1.165) is 69.7 Å². The van der Waals surface area contributed by atoms with Crippen LogP contribution < -0.4 is 4.74 Å². The lowest BCUT2D eigenvalue weighted by molar-refractivity contribution is 0.0534. The van der Waals surface area contributed by atoms with Crippen molar-refractivity contribution in [3.05, 3.63) is 71.3 Å². The molecule has 3 unspecified atom stereocenters. The maximum Gasteiger partial charge on any atom is 0.338 e. The number of nitrogens with zero attached hydrogens (tertiary/aromatic N) is 4. The van der Waals surface area contributed by atoms with E-state index in [9.17, 15) is 9.59 Å². The third-order valence-corrected chi connectivity index (χ3v) is 11.0. The molecule has 4 heterocycles. The van der Waals surface area contributed by atoms with Crippen LogP contribution in [0, 0.1) is 17.8 Å². The van der Waals surface area contributed by atoms with E-state index in [1.165, 1.54) is 19.3 Å². The maximum absolute atomic E-state index is 13.8. The second-order valence-electron chi connectivity index (χ2n) is 13.6. The van der Waals surface area contributed by atoms with Gasteiger partial charge in [0.2, 0.25) is 0 Å². The summed E-state index contributed by atoms with van der Waals surface area (Å²) in [5, 5.41) is 1.15. The van der Waals surface area contributed by atoms with Crippen LogP contribution >= 0.6 is 0 Å². The number of aromatic nitrogens is 3. The molecule has 9 rings (SSSR count). The van der Waals surface area contributed by atoms with Gasteiger partial charge >= 0.3 is 5.97 Å². The van der Waals surface area contributed by atoms with Crippen molar-refractivity contribution in [3.63, 3.8) is 0 Å². The second kappa shape index (κ2) is 9.70. The van der Waals surface area contributed by atoms with Crippen LogP contribution in [0.4, 0.5) is 0 Å². The first-order chi connectivity index (χ1) is 21.9. The Morgan fingerprint density at radius 2 is 1.84 bits per heavy atom. The number of fused-ring (bicyclic) bond motifs is 5. The number of methoxy groups -OCH3 is 1. The highest BCUT2D eigenvalue weighted by molar-refractivity contribution is 6.01. The van der Waals surface area contributed by atoms with Gasteiger partial charge in [0.1, 0.15) is 17.9 Å². The molecule has 3 atom stereocenters. The van der Waals surface area contributed by atoms with Crippen molar-refractivity contribution in [2.45, 2.75) is 51.8 Å². The Morgan fingerprint density at radius 3 is 2.60 bits per heavy atom. The summed E-state index contributed by atoms with van der Waals surface area (Å²) in [5.74, 6) is 3.19. The van der Waals surface area contributed by atoms with E-state index in [1.807, 2.05) is 31.3 Å². The second-order valence-corrected chi connectivity index (χ2v) is 13.6. The molecule has 2 aromatic heterocycles. The molecule has 2 aliphatic heterocycles. The number of carbonyl (C=O) groups is 2. The Labute approximate surface area is 261 Å². The van der Waals surface area contributed by atoms with Crippen LogP contribution in [0.2, 0.25) is 0 Å². The van der Waals surface area contributed by atoms with Crippen molar-refractivity contribution in [2.24, 2.45) is 24.8 Å². The molecule has 2 saturated carbocycles. The summed E-state index contributed by atoms with van der Waals surface area (Å²) in [7, 11) is 3.70. The van der Waals surface area contributed by atoms with E-state index < -0.39 is 0 Å². The third kappa shape index (κ3) is 4.07. The normalized spacial score (nSPS) is 22.1. The molecule has 45 heavy (non-hydrogen) atoms. The number of piperidine rings is 1. The topological polar surface area (TPSA) is 78.6 Å². The molecule has 0 radical (unpaired) electrons. The minimum absolute atomic E-state index is 0.0827. The number of likely N-dealkylation sites (tertiary alicyclic amines) is 1. The SMILES string of the molecule is COc1cc(C(=O)N2CC3CCC2C3C)cc2nc(-c3cc4ccc(-c5ccc6c(c5)COC6=O)cc4n3CC3CC3)n(C)c12. The molecular weight excluding hydrogens is 564 g/mol. The Bertz CT molecular complexity index is 2070. The largest absolute Gasteiger partial charge is 0.494 e. The minimum atomic E-state index is -0.247. The van der Waals surface area contributed by atoms with Crippen LogP contribution in [0.15, 0.2) is 54.6 Å². The lowest BCUT2D eigenvalue weighted by Crippen LogP contribution is -2.38. The molecule has 5 aromatic rings. The molecule has 2 bridgehead atoms. The van der Waals surface area contributed by atoms with Gasteiger partial charge in [0.25, 0.3) is 5.91 Å². The Balaban J connectivity index is 1.15. The van der Waals surface area contributed by atoms with Gasteiger partial charge in [-0.1, -0.05) is 25.1 Å². The zero-order chi connectivity index (χ0) is 30.6. The predicted molar refractivity (Wildman–Crippen MR) is 172 cm³/mol. The predicted octanol–water partition coefficient (Wildman–Crippen LogP) is 6.82. The molecule has 228 valence electrons. The lowest BCUT2D eigenvalue weighted by Gasteiger charge is -2.27. The van der Waals surface area contributed by atoms with Gasteiger partial charge in [-0.3, -0.25) is 4.79 Å². The van der Waals surface area contributed by atoms with Crippen molar-refractivity contribution >= 4 is 33.8 Å².